The number of carbonyl (C=O) groups excluding carboxylic acids is 2. The van der Waals surface area contributed by atoms with E-state index in [1.165, 1.54) is 17.8 Å². The van der Waals surface area contributed by atoms with Gasteiger partial charge >= 0.3 is 11.9 Å². The maximum Gasteiger partial charge on any atom is 0.354 e. The van der Waals surface area contributed by atoms with E-state index in [0.29, 0.717) is 37.1 Å². The zero-order chi connectivity index (χ0) is 22.1. The van der Waals surface area contributed by atoms with Gasteiger partial charge in [0.1, 0.15) is 17.1 Å². The second kappa shape index (κ2) is 11.6. The van der Waals surface area contributed by atoms with Crippen molar-refractivity contribution >= 4 is 35.2 Å². The fourth-order valence-electron chi connectivity index (χ4n) is 3.30. The lowest BCUT2D eigenvalue weighted by atomic mass is 10.1. The molecule has 0 amide bonds. The van der Waals surface area contributed by atoms with Crippen molar-refractivity contribution in [1.82, 2.24) is 5.32 Å². The molecule has 1 aromatic carbocycles. The Morgan fingerprint density at radius 1 is 1.19 bits per heavy atom. The summed E-state index contributed by atoms with van der Waals surface area (Å²) in [6, 6.07) is 8.87. The Bertz CT molecular complexity index is 894. The van der Waals surface area contributed by atoms with Crippen LogP contribution < -0.4 is 5.32 Å². The van der Waals surface area contributed by atoms with E-state index in [1.807, 2.05) is 30.3 Å². The number of ketones is 1. The normalized spacial score (nSPS) is 25.8. The van der Waals surface area contributed by atoms with Gasteiger partial charge in [0, 0.05) is 18.7 Å². The van der Waals surface area contributed by atoms with E-state index in [9.17, 15) is 19.5 Å². The van der Waals surface area contributed by atoms with Gasteiger partial charge in [0.15, 0.2) is 5.78 Å². The number of allylic oxidation sites excluding steroid dienone is 3. The molecule has 2 unspecified atom stereocenters. The van der Waals surface area contributed by atoms with Crippen LogP contribution in [-0.2, 0) is 25.7 Å². The van der Waals surface area contributed by atoms with Crippen molar-refractivity contribution in [3.63, 3.8) is 0 Å². The SMILES string of the molecule is O=C1/C=C/C=C2\CSC(N=C2C(=O)O)C(NCc2ccccc2)C(=O)OCCCCC1. The standard InChI is InChI=1S/C23H26N2O5S/c26-18-11-5-2-6-13-30-23(29)20(24-14-16-8-3-1-4-9-16)21-25-19(22(27)28)17(15-31-21)10-7-12-18/h1,3-4,7-10,12,20-21,24H,2,5-6,11,13-15H2,(H,27,28)/b12-7+,17-10+. The molecule has 0 saturated carbocycles. The van der Waals surface area contributed by atoms with Gasteiger partial charge in [-0.3, -0.25) is 19.9 Å². The molecule has 31 heavy (non-hydrogen) atoms. The molecule has 2 bridgehead atoms. The van der Waals surface area contributed by atoms with E-state index in [2.05, 4.69) is 10.3 Å². The molecule has 3 aliphatic heterocycles. The molecule has 0 spiro atoms. The molecular weight excluding hydrogens is 416 g/mol. The first kappa shape index (κ1) is 23.0. The maximum atomic E-state index is 12.8. The fraction of sp³-hybridized carbons (Fsp3) is 0.391. The van der Waals surface area contributed by atoms with Crippen LogP contribution in [0, 0.1) is 0 Å². The zero-order valence-electron chi connectivity index (χ0n) is 17.2. The van der Waals surface area contributed by atoms with Gasteiger partial charge in [0.25, 0.3) is 0 Å². The highest BCUT2D eigenvalue weighted by molar-refractivity contribution is 8.00. The Kier molecular flexibility index (Phi) is 8.61. The second-order valence-electron chi connectivity index (χ2n) is 7.32. The summed E-state index contributed by atoms with van der Waals surface area (Å²) in [7, 11) is 0. The highest BCUT2D eigenvalue weighted by Crippen LogP contribution is 2.27. The van der Waals surface area contributed by atoms with Gasteiger partial charge in [-0.2, -0.15) is 0 Å². The van der Waals surface area contributed by atoms with Crippen LogP contribution in [0.25, 0.3) is 0 Å². The molecule has 4 rings (SSSR count). The number of hydrogen-bond donors (Lipinski definition) is 2. The number of rotatable bonds is 4. The number of aliphatic carboxylic acids is 1. The van der Waals surface area contributed by atoms with E-state index in [4.69, 9.17) is 4.74 Å². The van der Waals surface area contributed by atoms with E-state index in [1.54, 1.807) is 12.2 Å². The number of benzene rings is 1. The summed E-state index contributed by atoms with van der Waals surface area (Å²) in [5.74, 6) is -1.25. The third-order valence-corrected chi connectivity index (χ3v) is 6.17. The molecule has 8 heteroatoms. The first-order valence-electron chi connectivity index (χ1n) is 10.3. The molecule has 2 atom stereocenters. The van der Waals surface area contributed by atoms with Crippen LogP contribution in [0.15, 0.2) is 59.1 Å². The molecule has 1 aromatic rings. The van der Waals surface area contributed by atoms with Crippen LogP contribution in [0.1, 0.15) is 31.2 Å². The van der Waals surface area contributed by atoms with Gasteiger partial charge in [0.05, 0.1) is 6.61 Å². The van der Waals surface area contributed by atoms with E-state index in [0.717, 1.165) is 12.0 Å². The summed E-state index contributed by atoms with van der Waals surface area (Å²) < 4.78 is 5.47. The third kappa shape index (κ3) is 6.90. The van der Waals surface area contributed by atoms with Crippen LogP contribution in [-0.4, -0.2) is 52.3 Å². The van der Waals surface area contributed by atoms with E-state index < -0.39 is 23.4 Å². The topological polar surface area (TPSA) is 105 Å². The Labute approximate surface area is 185 Å². The van der Waals surface area contributed by atoms with Crippen molar-refractivity contribution in [3.05, 3.63) is 59.7 Å². The lowest BCUT2D eigenvalue weighted by Crippen LogP contribution is -2.46. The molecule has 3 heterocycles. The largest absolute Gasteiger partial charge is 0.477 e. The number of aliphatic imine (C=N–C) groups is 1. The zero-order valence-corrected chi connectivity index (χ0v) is 18.0. The Morgan fingerprint density at radius 3 is 2.77 bits per heavy atom. The predicted molar refractivity (Wildman–Crippen MR) is 120 cm³/mol. The maximum absolute atomic E-state index is 12.8. The fourth-order valence-corrected chi connectivity index (χ4v) is 4.46. The first-order valence-corrected chi connectivity index (χ1v) is 11.4. The molecule has 3 aliphatic rings. The molecule has 0 aromatic heterocycles. The van der Waals surface area contributed by atoms with Crippen LogP contribution in [0.3, 0.4) is 0 Å². The van der Waals surface area contributed by atoms with Crippen molar-refractivity contribution in [2.24, 2.45) is 4.99 Å². The number of thioether (sulfide) groups is 1. The summed E-state index contributed by atoms with van der Waals surface area (Å²) in [4.78, 5) is 40.9. The molecule has 7 nitrogen and oxygen atoms in total. The van der Waals surface area contributed by atoms with Crippen molar-refractivity contribution in [2.75, 3.05) is 12.4 Å². The Balaban J connectivity index is 1.87. The molecule has 0 fully saturated rings. The highest BCUT2D eigenvalue weighted by atomic mass is 32.2. The third-order valence-electron chi connectivity index (χ3n) is 4.97. The second-order valence-corrected chi connectivity index (χ2v) is 8.43. The average Bonchev–Trinajstić information content (AvgIpc) is 2.76. The molecule has 0 aliphatic carbocycles. The minimum Gasteiger partial charge on any atom is -0.477 e. The quantitative estimate of drug-likeness (QED) is 0.691. The Hall–Kier alpha value is -2.71. The molecule has 0 radical (unpaired) electrons. The van der Waals surface area contributed by atoms with E-state index >= 15 is 0 Å². The lowest BCUT2D eigenvalue weighted by Gasteiger charge is -2.27. The predicted octanol–water partition coefficient (Wildman–Crippen LogP) is 2.91. The summed E-state index contributed by atoms with van der Waals surface area (Å²) in [6.45, 7) is 0.688. The number of nitrogens with one attached hydrogen (secondary N) is 1. The van der Waals surface area contributed by atoms with Crippen molar-refractivity contribution in [2.45, 2.75) is 43.6 Å². The summed E-state index contributed by atoms with van der Waals surface area (Å²) in [5.41, 5.74) is 1.42. The molecule has 0 saturated heterocycles. The van der Waals surface area contributed by atoms with Crippen molar-refractivity contribution < 1.29 is 24.2 Å². The number of ether oxygens (including phenoxy) is 1. The minimum atomic E-state index is -1.16. The lowest BCUT2D eigenvalue weighted by molar-refractivity contribution is -0.146. The number of carboxylic acid groups (broad SMARTS) is 1. The van der Waals surface area contributed by atoms with Crippen LogP contribution in [0.2, 0.25) is 0 Å². The van der Waals surface area contributed by atoms with Crippen molar-refractivity contribution in [1.29, 1.82) is 0 Å². The summed E-state index contributed by atoms with van der Waals surface area (Å²) in [5, 5.41) is 12.2. The Morgan fingerprint density at radius 2 is 2.00 bits per heavy atom. The van der Waals surface area contributed by atoms with Gasteiger partial charge in [-0.25, -0.2) is 4.79 Å². The van der Waals surface area contributed by atoms with E-state index in [-0.39, 0.29) is 18.1 Å². The average molecular weight is 443 g/mol. The number of carboxylic acids is 1. The number of nitrogens with zero attached hydrogens (tertiary/aromatic N) is 1. The van der Waals surface area contributed by atoms with Crippen molar-refractivity contribution in [3.8, 4) is 0 Å². The molecular formula is C23H26N2O5S. The number of fused-ring (bicyclic) bond motifs is 11. The van der Waals surface area contributed by atoms with Crippen LogP contribution >= 0.6 is 11.8 Å². The molecule has 2 N–H and O–H groups in total. The summed E-state index contributed by atoms with van der Waals surface area (Å²) >= 11 is 1.37. The minimum absolute atomic E-state index is 0.0127. The van der Waals surface area contributed by atoms with Crippen LogP contribution in [0.4, 0.5) is 0 Å². The first-order chi connectivity index (χ1) is 15.0. The number of carbonyl (C=O) groups is 3. The monoisotopic (exact) mass is 442 g/mol. The number of esters is 1. The van der Waals surface area contributed by atoms with Gasteiger partial charge in [-0.15, -0.1) is 11.8 Å². The van der Waals surface area contributed by atoms with Gasteiger partial charge < -0.3 is 9.84 Å². The van der Waals surface area contributed by atoms with Gasteiger partial charge in [-0.1, -0.05) is 42.5 Å². The van der Waals surface area contributed by atoms with Crippen LogP contribution in [0.5, 0.6) is 0 Å². The molecule has 164 valence electrons. The smallest absolute Gasteiger partial charge is 0.354 e. The van der Waals surface area contributed by atoms with Gasteiger partial charge in [-0.05, 0) is 36.5 Å². The van der Waals surface area contributed by atoms with Gasteiger partial charge in [0.2, 0.25) is 0 Å². The highest BCUT2D eigenvalue weighted by Gasteiger charge is 2.34. The summed E-state index contributed by atoms with van der Waals surface area (Å²) in [6.07, 6.45) is 7.25. The number of hydrogen-bond acceptors (Lipinski definition) is 7.